The standard InChI is InChI=1S/C12H22N2O2/c1-8(12(2,3)4)7-13-9-6-10(15)14(5)11(9)16/h8-9,13H,6-7H2,1-5H3. The summed E-state index contributed by atoms with van der Waals surface area (Å²) in [7, 11) is 1.54. The number of hydrogen-bond donors (Lipinski definition) is 1. The molecule has 1 fully saturated rings. The van der Waals surface area contributed by atoms with Gasteiger partial charge in [-0.05, 0) is 17.9 Å². The Hall–Kier alpha value is -0.900. The van der Waals surface area contributed by atoms with Crippen molar-refractivity contribution < 1.29 is 9.59 Å². The monoisotopic (exact) mass is 226 g/mol. The Labute approximate surface area is 97.4 Å². The first-order chi connectivity index (χ1) is 7.23. The highest BCUT2D eigenvalue weighted by molar-refractivity contribution is 6.05. The molecule has 1 saturated heterocycles. The van der Waals surface area contributed by atoms with E-state index in [1.54, 1.807) is 7.05 Å². The number of nitrogens with zero attached hydrogens (tertiary/aromatic N) is 1. The first-order valence-electron chi connectivity index (χ1n) is 5.77. The minimum atomic E-state index is -0.317. The summed E-state index contributed by atoms with van der Waals surface area (Å²) in [5.41, 5.74) is 0.213. The van der Waals surface area contributed by atoms with E-state index >= 15 is 0 Å². The lowest BCUT2D eigenvalue weighted by molar-refractivity contribution is -0.137. The lowest BCUT2D eigenvalue weighted by Gasteiger charge is -2.28. The molecule has 0 aromatic heterocycles. The first-order valence-corrected chi connectivity index (χ1v) is 5.77. The number of likely N-dealkylation sites (N-methyl/N-ethyl adjacent to an activating group) is 1. The number of likely N-dealkylation sites (tertiary alicyclic amines) is 1. The van der Waals surface area contributed by atoms with Crippen molar-refractivity contribution in [1.29, 1.82) is 0 Å². The second-order valence-corrected chi connectivity index (χ2v) is 5.72. The van der Waals surface area contributed by atoms with E-state index in [1.165, 1.54) is 4.90 Å². The molecule has 1 N–H and O–H groups in total. The average Bonchev–Trinajstić information content (AvgIpc) is 2.41. The van der Waals surface area contributed by atoms with Gasteiger partial charge in [0.15, 0.2) is 0 Å². The Morgan fingerprint density at radius 2 is 2.00 bits per heavy atom. The van der Waals surface area contributed by atoms with Crippen molar-refractivity contribution in [2.75, 3.05) is 13.6 Å². The lowest BCUT2D eigenvalue weighted by Crippen LogP contribution is -2.41. The highest BCUT2D eigenvalue weighted by Gasteiger charge is 2.36. The largest absolute Gasteiger partial charge is 0.305 e. The second-order valence-electron chi connectivity index (χ2n) is 5.72. The van der Waals surface area contributed by atoms with Gasteiger partial charge in [0.25, 0.3) is 0 Å². The second kappa shape index (κ2) is 4.53. The Balaban J connectivity index is 2.46. The summed E-state index contributed by atoms with van der Waals surface area (Å²) in [5, 5.41) is 3.19. The van der Waals surface area contributed by atoms with Crippen molar-refractivity contribution in [3.05, 3.63) is 0 Å². The van der Waals surface area contributed by atoms with E-state index in [1.807, 2.05) is 0 Å². The van der Waals surface area contributed by atoms with Gasteiger partial charge in [0.1, 0.15) is 0 Å². The van der Waals surface area contributed by atoms with Crippen LogP contribution in [0.15, 0.2) is 0 Å². The molecule has 4 heteroatoms. The molecule has 0 bridgehead atoms. The van der Waals surface area contributed by atoms with Crippen LogP contribution in [0, 0.1) is 11.3 Å². The van der Waals surface area contributed by atoms with Crippen LogP contribution in [0.3, 0.4) is 0 Å². The van der Waals surface area contributed by atoms with Gasteiger partial charge in [-0.2, -0.15) is 0 Å². The molecule has 1 heterocycles. The van der Waals surface area contributed by atoms with Gasteiger partial charge in [-0.25, -0.2) is 0 Å². The van der Waals surface area contributed by atoms with Crippen LogP contribution in [0.25, 0.3) is 0 Å². The van der Waals surface area contributed by atoms with Crippen LogP contribution in [-0.2, 0) is 9.59 Å². The highest BCUT2D eigenvalue weighted by atomic mass is 16.2. The number of amides is 2. The summed E-state index contributed by atoms with van der Waals surface area (Å²) in [6.07, 6.45) is 0.298. The summed E-state index contributed by atoms with van der Waals surface area (Å²) >= 11 is 0. The lowest BCUT2D eigenvalue weighted by atomic mass is 9.82. The molecule has 2 atom stereocenters. The zero-order valence-corrected chi connectivity index (χ0v) is 10.8. The van der Waals surface area contributed by atoms with Gasteiger partial charge in [0, 0.05) is 7.05 Å². The Morgan fingerprint density at radius 1 is 1.44 bits per heavy atom. The van der Waals surface area contributed by atoms with Crippen LogP contribution >= 0.6 is 0 Å². The van der Waals surface area contributed by atoms with Gasteiger partial charge in [-0.15, -0.1) is 0 Å². The van der Waals surface area contributed by atoms with E-state index in [4.69, 9.17) is 0 Å². The Kier molecular flexibility index (Phi) is 3.73. The van der Waals surface area contributed by atoms with Crippen LogP contribution in [0.2, 0.25) is 0 Å². The third-order valence-electron chi connectivity index (χ3n) is 3.53. The molecule has 0 spiro atoms. The summed E-state index contributed by atoms with van der Waals surface area (Å²) in [5.74, 6) is 0.262. The van der Waals surface area contributed by atoms with Crippen molar-refractivity contribution in [2.24, 2.45) is 11.3 Å². The van der Waals surface area contributed by atoms with E-state index in [9.17, 15) is 9.59 Å². The fraction of sp³-hybridized carbons (Fsp3) is 0.833. The Bertz CT molecular complexity index is 294. The number of carbonyl (C=O) groups excluding carboxylic acids is 2. The minimum absolute atomic E-state index is 0.0917. The number of hydrogen-bond acceptors (Lipinski definition) is 3. The smallest absolute Gasteiger partial charge is 0.246 e. The maximum atomic E-state index is 11.6. The number of imide groups is 1. The highest BCUT2D eigenvalue weighted by Crippen LogP contribution is 2.24. The summed E-state index contributed by atoms with van der Waals surface area (Å²) in [4.78, 5) is 24.1. The van der Waals surface area contributed by atoms with E-state index < -0.39 is 0 Å². The molecule has 0 aliphatic carbocycles. The van der Waals surface area contributed by atoms with Crippen molar-refractivity contribution in [3.8, 4) is 0 Å². The summed E-state index contributed by atoms with van der Waals surface area (Å²) in [6.45, 7) is 9.44. The molecule has 2 amide bonds. The molecular formula is C12H22N2O2. The molecule has 0 saturated carbocycles. The molecule has 4 nitrogen and oxygen atoms in total. The third kappa shape index (κ3) is 2.82. The van der Waals surface area contributed by atoms with Crippen molar-refractivity contribution in [1.82, 2.24) is 10.2 Å². The van der Waals surface area contributed by atoms with Gasteiger partial charge in [-0.1, -0.05) is 27.7 Å². The average molecular weight is 226 g/mol. The maximum Gasteiger partial charge on any atom is 0.246 e. The molecule has 2 unspecified atom stereocenters. The fourth-order valence-corrected chi connectivity index (χ4v) is 1.54. The van der Waals surface area contributed by atoms with Gasteiger partial charge in [0.2, 0.25) is 11.8 Å². The zero-order chi connectivity index (χ0) is 12.5. The molecule has 0 aromatic carbocycles. The molecule has 1 rings (SSSR count). The number of carbonyl (C=O) groups is 2. The summed E-state index contributed by atoms with van der Waals surface area (Å²) in [6, 6.07) is -0.317. The third-order valence-corrected chi connectivity index (χ3v) is 3.53. The van der Waals surface area contributed by atoms with Gasteiger partial charge in [-0.3, -0.25) is 14.5 Å². The molecule has 1 aliphatic heterocycles. The predicted molar refractivity (Wildman–Crippen MR) is 62.8 cm³/mol. The van der Waals surface area contributed by atoms with Crippen LogP contribution in [-0.4, -0.2) is 36.3 Å². The van der Waals surface area contributed by atoms with Crippen LogP contribution < -0.4 is 5.32 Å². The molecule has 0 aromatic rings. The zero-order valence-electron chi connectivity index (χ0n) is 10.8. The van der Waals surface area contributed by atoms with Gasteiger partial charge < -0.3 is 5.32 Å². The van der Waals surface area contributed by atoms with Gasteiger partial charge >= 0.3 is 0 Å². The molecule has 1 aliphatic rings. The topological polar surface area (TPSA) is 49.4 Å². The molecule has 0 radical (unpaired) electrons. The van der Waals surface area contributed by atoms with Crippen LogP contribution in [0.1, 0.15) is 34.1 Å². The number of nitrogens with one attached hydrogen (secondary N) is 1. The molecule has 92 valence electrons. The molecular weight excluding hydrogens is 204 g/mol. The van der Waals surface area contributed by atoms with E-state index in [-0.39, 0.29) is 23.3 Å². The molecule has 16 heavy (non-hydrogen) atoms. The van der Waals surface area contributed by atoms with Crippen molar-refractivity contribution in [2.45, 2.75) is 40.2 Å². The predicted octanol–water partition coefficient (Wildman–Crippen LogP) is 1.02. The SMILES string of the molecule is CC(CNC1CC(=O)N(C)C1=O)C(C)(C)C. The normalized spacial score (nSPS) is 24.1. The van der Waals surface area contributed by atoms with Crippen LogP contribution in [0.4, 0.5) is 0 Å². The first kappa shape index (κ1) is 13.2. The number of rotatable bonds is 3. The fourth-order valence-electron chi connectivity index (χ4n) is 1.54. The van der Waals surface area contributed by atoms with E-state index in [0.717, 1.165) is 6.54 Å². The van der Waals surface area contributed by atoms with E-state index in [2.05, 4.69) is 33.0 Å². The minimum Gasteiger partial charge on any atom is -0.305 e. The summed E-state index contributed by atoms with van der Waals surface area (Å²) < 4.78 is 0. The van der Waals surface area contributed by atoms with Crippen molar-refractivity contribution in [3.63, 3.8) is 0 Å². The maximum absolute atomic E-state index is 11.6. The van der Waals surface area contributed by atoms with Crippen LogP contribution in [0.5, 0.6) is 0 Å². The van der Waals surface area contributed by atoms with Crippen molar-refractivity contribution >= 4 is 11.8 Å². The Morgan fingerprint density at radius 3 is 2.38 bits per heavy atom. The quantitative estimate of drug-likeness (QED) is 0.731. The van der Waals surface area contributed by atoms with Gasteiger partial charge in [0.05, 0.1) is 12.5 Å². The van der Waals surface area contributed by atoms with E-state index in [0.29, 0.717) is 12.3 Å².